The minimum absolute atomic E-state index is 0.123. The molecule has 0 spiro atoms. The summed E-state index contributed by atoms with van der Waals surface area (Å²) in [6, 6.07) is 4.69. The first kappa shape index (κ1) is 18.6. The fraction of sp³-hybridized carbons (Fsp3) is 0.619. The summed E-state index contributed by atoms with van der Waals surface area (Å²) >= 11 is 0. The van der Waals surface area contributed by atoms with Crippen LogP contribution in [0.2, 0.25) is 0 Å². The van der Waals surface area contributed by atoms with Crippen molar-refractivity contribution in [2.24, 2.45) is 5.41 Å². The van der Waals surface area contributed by atoms with Gasteiger partial charge in [0.25, 0.3) is 0 Å². The molecular formula is C21H31N5O. The minimum Gasteiger partial charge on any atom is -0.390 e. The van der Waals surface area contributed by atoms with Gasteiger partial charge in [0.2, 0.25) is 0 Å². The summed E-state index contributed by atoms with van der Waals surface area (Å²) in [7, 11) is 2.13. The predicted molar refractivity (Wildman–Crippen MR) is 106 cm³/mol. The van der Waals surface area contributed by atoms with E-state index < -0.39 is 0 Å². The van der Waals surface area contributed by atoms with Crippen molar-refractivity contribution in [2.75, 3.05) is 26.7 Å². The highest BCUT2D eigenvalue weighted by atomic mass is 16.3. The Morgan fingerprint density at radius 3 is 2.74 bits per heavy atom. The van der Waals surface area contributed by atoms with Crippen LogP contribution in [0, 0.1) is 5.41 Å². The average Bonchev–Trinajstić information content (AvgIpc) is 3.40. The lowest BCUT2D eigenvalue weighted by atomic mass is 9.87. The Labute approximate surface area is 161 Å². The van der Waals surface area contributed by atoms with E-state index in [1.165, 1.54) is 24.1 Å². The first-order valence-corrected chi connectivity index (χ1v) is 9.98. The number of hydrogen-bond acceptors (Lipinski definition) is 5. The highest BCUT2D eigenvalue weighted by Gasteiger charge is 2.32. The van der Waals surface area contributed by atoms with Crippen LogP contribution in [0.5, 0.6) is 0 Å². The van der Waals surface area contributed by atoms with Crippen LogP contribution >= 0.6 is 0 Å². The molecule has 0 aromatic carbocycles. The van der Waals surface area contributed by atoms with Gasteiger partial charge in [0.05, 0.1) is 18.0 Å². The molecule has 1 aliphatic carbocycles. The Morgan fingerprint density at radius 1 is 1.30 bits per heavy atom. The van der Waals surface area contributed by atoms with Crippen LogP contribution in [0.25, 0.3) is 5.69 Å². The van der Waals surface area contributed by atoms with Crippen LogP contribution in [0.15, 0.2) is 30.7 Å². The van der Waals surface area contributed by atoms with Crippen molar-refractivity contribution in [3.63, 3.8) is 0 Å². The average molecular weight is 370 g/mol. The Kier molecular flexibility index (Phi) is 5.05. The number of rotatable bonds is 6. The maximum absolute atomic E-state index is 10.6. The molecule has 1 aliphatic heterocycles. The van der Waals surface area contributed by atoms with Crippen molar-refractivity contribution in [1.29, 1.82) is 0 Å². The molecule has 1 N–H and O–H groups in total. The molecule has 1 fully saturated rings. The molecule has 2 aromatic rings. The van der Waals surface area contributed by atoms with Gasteiger partial charge in [0.15, 0.2) is 0 Å². The van der Waals surface area contributed by atoms with Crippen molar-refractivity contribution in [3.05, 3.63) is 42.0 Å². The van der Waals surface area contributed by atoms with E-state index in [0.29, 0.717) is 12.6 Å². The van der Waals surface area contributed by atoms with E-state index in [2.05, 4.69) is 45.5 Å². The quantitative estimate of drug-likeness (QED) is 0.845. The third-order valence-corrected chi connectivity index (χ3v) is 5.69. The van der Waals surface area contributed by atoms with E-state index in [1.807, 2.05) is 30.7 Å². The van der Waals surface area contributed by atoms with Gasteiger partial charge in [-0.2, -0.15) is 5.10 Å². The van der Waals surface area contributed by atoms with Gasteiger partial charge in [-0.3, -0.25) is 9.88 Å². The Balaban J connectivity index is 1.51. The summed E-state index contributed by atoms with van der Waals surface area (Å²) in [5.41, 5.74) is 3.72. The zero-order valence-electron chi connectivity index (χ0n) is 16.7. The summed E-state index contributed by atoms with van der Waals surface area (Å²) in [6.07, 6.45) is 8.82. The molecule has 0 radical (unpaired) electrons. The first-order valence-electron chi connectivity index (χ1n) is 9.98. The number of aliphatic hydroxyl groups is 1. The fourth-order valence-corrected chi connectivity index (χ4v) is 4.33. The monoisotopic (exact) mass is 369 g/mol. The molecule has 6 heteroatoms. The number of pyridine rings is 1. The van der Waals surface area contributed by atoms with Gasteiger partial charge in [0, 0.05) is 55.9 Å². The number of β-amino-alcohol motifs (C(OH)–C–C–N with tert-alkyl or cyclic N) is 1. The molecule has 4 rings (SSSR count). The number of aliphatic hydroxyl groups excluding tert-OH is 1. The van der Waals surface area contributed by atoms with Gasteiger partial charge >= 0.3 is 0 Å². The number of hydrogen-bond donors (Lipinski definition) is 1. The van der Waals surface area contributed by atoms with Crippen molar-refractivity contribution in [1.82, 2.24) is 24.6 Å². The lowest BCUT2D eigenvalue weighted by Crippen LogP contribution is -2.42. The molecule has 1 atom stereocenters. The first-order chi connectivity index (χ1) is 12.9. The van der Waals surface area contributed by atoms with E-state index in [-0.39, 0.29) is 11.5 Å². The molecule has 0 bridgehead atoms. The molecule has 2 aromatic heterocycles. The van der Waals surface area contributed by atoms with E-state index in [0.717, 1.165) is 31.7 Å². The Hall–Kier alpha value is -1.76. The third kappa shape index (κ3) is 4.39. The lowest BCUT2D eigenvalue weighted by Gasteiger charge is -2.32. The second-order valence-electron chi connectivity index (χ2n) is 9.07. The number of nitrogens with zero attached hydrogens (tertiary/aromatic N) is 5. The topological polar surface area (TPSA) is 57.4 Å². The Morgan fingerprint density at radius 2 is 2.04 bits per heavy atom. The van der Waals surface area contributed by atoms with E-state index >= 15 is 0 Å². The van der Waals surface area contributed by atoms with Gasteiger partial charge in [-0.05, 0) is 43.9 Å². The summed E-state index contributed by atoms with van der Waals surface area (Å²) in [4.78, 5) is 8.82. The van der Waals surface area contributed by atoms with E-state index in [4.69, 9.17) is 0 Å². The standard InChI is InChI=1S/C21H31N5O/c1-21(2)10-20-16(11-23-26(20)18-6-8-22-9-7-18)12-25(15-21)14-19(27)13-24(3)17-4-5-17/h6-9,11,17,19,27H,4-5,10,12-15H2,1-3H3. The van der Waals surface area contributed by atoms with Gasteiger partial charge in [-0.1, -0.05) is 13.8 Å². The van der Waals surface area contributed by atoms with Crippen molar-refractivity contribution < 1.29 is 5.11 Å². The lowest BCUT2D eigenvalue weighted by molar-refractivity contribution is 0.0630. The molecule has 0 saturated heterocycles. The molecule has 1 saturated carbocycles. The van der Waals surface area contributed by atoms with Crippen molar-refractivity contribution in [2.45, 2.75) is 51.8 Å². The van der Waals surface area contributed by atoms with Crippen molar-refractivity contribution in [3.8, 4) is 5.69 Å². The van der Waals surface area contributed by atoms with Crippen LogP contribution in [0.1, 0.15) is 37.9 Å². The number of aromatic nitrogens is 3. The van der Waals surface area contributed by atoms with Crippen LogP contribution in [-0.4, -0.2) is 68.5 Å². The van der Waals surface area contributed by atoms with Gasteiger partial charge in [-0.15, -0.1) is 0 Å². The summed E-state index contributed by atoms with van der Waals surface area (Å²) < 4.78 is 2.06. The fourth-order valence-electron chi connectivity index (χ4n) is 4.33. The van der Waals surface area contributed by atoms with Crippen LogP contribution < -0.4 is 0 Å². The van der Waals surface area contributed by atoms with Crippen LogP contribution in [0.3, 0.4) is 0 Å². The molecule has 0 amide bonds. The molecule has 146 valence electrons. The third-order valence-electron chi connectivity index (χ3n) is 5.69. The summed E-state index contributed by atoms with van der Waals surface area (Å²) in [5, 5.41) is 15.3. The molecule has 1 unspecified atom stereocenters. The molecule has 2 aliphatic rings. The van der Waals surface area contributed by atoms with Crippen LogP contribution in [0.4, 0.5) is 0 Å². The number of likely N-dealkylation sites (N-methyl/N-ethyl adjacent to an activating group) is 1. The second kappa shape index (κ2) is 7.34. The summed E-state index contributed by atoms with van der Waals surface area (Å²) in [5.74, 6) is 0. The maximum atomic E-state index is 10.6. The van der Waals surface area contributed by atoms with E-state index in [9.17, 15) is 5.11 Å². The largest absolute Gasteiger partial charge is 0.390 e. The normalized spacial score (nSPS) is 21.1. The maximum Gasteiger partial charge on any atom is 0.0793 e. The Bertz CT molecular complexity index is 768. The van der Waals surface area contributed by atoms with Gasteiger partial charge in [0.1, 0.15) is 0 Å². The highest BCUT2D eigenvalue weighted by Crippen LogP contribution is 2.31. The predicted octanol–water partition coefficient (Wildman–Crippen LogP) is 2.11. The summed E-state index contributed by atoms with van der Waals surface area (Å²) in [6.45, 7) is 7.89. The molecular weight excluding hydrogens is 338 g/mol. The zero-order chi connectivity index (χ0) is 19.0. The zero-order valence-corrected chi connectivity index (χ0v) is 16.7. The molecule has 6 nitrogen and oxygen atoms in total. The van der Waals surface area contributed by atoms with E-state index in [1.54, 1.807) is 0 Å². The molecule has 3 heterocycles. The number of fused-ring (bicyclic) bond motifs is 1. The van der Waals surface area contributed by atoms with Crippen molar-refractivity contribution >= 4 is 0 Å². The molecule has 27 heavy (non-hydrogen) atoms. The van der Waals surface area contributed by atoms with Gasteiger partial charge < -0.3 is 10.0 Å². The van der Waals surface area contributed by atoms with Crippen LogP contribution in [-0.2, 0) is 13.0 Å². The van der Waals surface area contributed by atoms with Gasteiger partial charge in [-0.25, -0.2) is 4.68 Å². The second-order valence-corrected chi connectivity index (χ2v) is 9.07. The minimum atomic E-state index is -0.316. The SMILES string of the molecule is CN(CC(O)CN1Cc2cnn(-c3ccncc3)c2CC(C)(C)C1)C1CC1. The smallest absolute Gasteiger partial charge is 0.0793 e. The highest BCUT2D eigenvalue weighted by molar-refractivity contribution is 5.34.